The summed E-state index contributed by atoms with van der Waals surface area (Å²) >= 11 is 13.1. The number of thioether (sulfide) groups is 1. The Morgan fingerprint density at radius 1 is 1.19 bits per heavy atom. The zero-order valence-corrected chi connectivity index (χ0v) is 20.0. The number of halogens is 1. The third-order valence-electron chi connectivity index (χ3n) is 4.86. The van der Waals surface area contributed by atoms with Crippen molar-refractivity contribution >= 4 is 69.8 Å². The highest BCUT2D eigenvalue weighted by Gasteiger charge is 2.44. The molecule has 168 valence electrons. The molecule has 1 heterocycles. The molecule has 1 fully saturated rings. The number of carbonyl (C=O) groups is 3. The average molecular weight is 491 g/mol. The molecule has 1 aliphatic rings. The highest BCUT2D eigenvalue weighted by molar-refractivity contribution is 7.98. The Morgan fingerprint density at radius 2 is 1.91 bits per heavy atom. The number of thiocarbonyl (C=S) groups is 1. The first-order valence-corrected chi connectivity index (χ1v) is 11.9. The van der Waals surface area contributed by atoms with Gasteiger partial charge in [0.1, 0.15) is 6.04 Å². The zero-order valence-electron chi connectivity index (χ0n) is 17.6. The van der Waals surface area contributed by atoms with Crippen molar-refractivity contribution < 1.29 is 14.4 Å². The van der Waals surface area contributed by atoms with Crippen molar-refractivity contribution in [1.82, 2.24) is 10.2 Å². The van der Waals surface area contributed by atoms with E-state index < -0.39 is 6.04 Å². The first kappa shape index (κ1) is 24.0. The average Bonchev–Trinajstić information content (AvgIpc) is 2.99. The van der Waals surface area contributed by atoms with Crippen LogP contribution in [0.2, 0.25) is 5.02 Å². The molecule has 1 saturated heterocycles. The van der Waals surface area contributed by atoms with Gasteiger partial charge in [0.15, 0.2) is 5.11 Å². The fourth-order valence-corrected chi connectivity index (χ4v) is 4.34. The van der Waals surface area contributed by atoms with Crippen molar-refractivity contribution in [1.29, 1.82) is 0 Å². The van der Waals surface area contributed by atoms with Crippen LogP contribution in [0.4, 0.5) is 11.4 Å². The molecule has 0 aliphatic carbocycles. The van der Waals surface area contributed by atoms with Gasteiger partial charge < -0.3 is 15.5 Å². The lowest BCUT2D eigenvalue weighted by Crippen LogP contribution is -2.42. The van der Waals surface area contributed by atoms with Crippen LogP contribution in [-0.4, -0.2) is 53.1 Å². The Hall–Kier alpha value is -2.62. The van der Waals surface area contributed by atoms with Gasteiger partial charge in [-0.1, -0.05) is 17.7 Å². The fourth-order valence-electron chi connectivity index (χ4n) is 3.35. The van der Waals surface area contributed by atoms with Gasteiger partial charge in [-0.25, -0.2) is 0 Å². The number of amides is 3. The number of carbonyl (C=O) groups excluding carboxylic acids is 3. The van der Waals surface area contributed by atoms with Crippen molar-refractivity contribution in [2.75, 3.05) is 29.6 Å². The molecule has 0 spiro atoms. The molecule has 0 aromatic heterocycles. The fraction of sp³-hybridized carbons (Fsp3) is 0.273. The maximum atomic E-state index is 13.4. The van der Waals surface area contributed by atoms with Crippen LogP contribution >= 0.6 is 35.6 Å². The molecule has 2 aromatic carbocycles. The van der Waals surface area contributed by atoms with Crippen LogP contribution in [0.25, 0.3) is 0 Å². The molecule has 10 heteroatoms. The first-order valence-electron chi connectivity index (χ1n) is 9.88. The van der Waals surface area contributed by atoms with E-state index in [1.165, 1.54) is 11.8 Å². The normalized spacial score (nSPS) is 15.8. The van der Waals surface area contributed by atoms with E-state index in [0.29, 0.717) is 34.6 Å². The van der Waals surface area contributed by atoms with E-state index in [0.717, 1.165) is 4.90 Å². The van der Waals surface area contributed by atoms with Gasteiger partial charge in [-0.2, -0.15) is 0 Å². The lowest BCUT2D eigenvalue weighted by atomic mass is 10.1. The van der Waals surface area contributed by atoms with Crippen molar-refractivity contribution in [2.45, 2.75) is 24.3 Å². The van der Waals surface area contributed by atoms with Gasteiger partial charge in [-0.05, 0) is 60.9 Å². The van der Waals surface area contributed by atoms with Crippen molar-refractivity contribution in [3.8, 4) is 0 Å². The summed E-state index contributed by atoms with van der Waals surface area (Å²) in [5, 5.41) is 6.37. The predicted octanol–water partition coefficient (Wildman–Crippen LogP) is 3.53. The van der Waals surface area contributed by atoms with E-state index in [-0.39, 0.29) is 24.1 Å². The van der Waals surface area contributed by atoms with Gasteiger partial charge in [0, 0.05) is 35.6 Å². The standard InChI is InChI=1S/C22H23ClN4O3S2/c1-14(28)24-10-11-26-19(13-20(29)25-16-8-6-15(23)7-9-16)21(30)27(22(26)31)17-4-3-5-18(12-17)32-2/h3-9,12,19H,10-11,13H2,1-2H3,(H,24,28)(H,25,29)/t19-/m1/s1. The van der Waals surface area contributed by atoms with Gasteiger partial charge in [0.25, 0.3) is 5.91 Å². The topological polar surface area (TPSA) is 81.8 Å². The summed E-state index contributed by atoms with van der Waals surface area (Å²) in [5.74, 6) is -0.775. The number of hydrogen-bond acceptors (Lipinski definition) is 5. The molecule has 3 amide bonds. The molecule has 3 rings (SSSR count). The monoisotopic (exact) mass is 490 g/mol. The summed E-state index contributed by atoms with van der Waals surface area (Å²) in [6.07, 6.45) is 1.87. The summed E-state index contributed by atoms with van der Waals surface area (Å²) in [6, 6.07) is 13.5. The highest BCUT2D eigenvalue weighted by Crippen LogP contribution is 2.29. The molecule has 0 unspecified atom stereocenters. The second-order valence-electron chi connectivity index (χ2n) is 7.11. The molecule has 2 N–H and O–H groups in total. The van der Waals surface area contributed by atoms with Crippen LogP contribution in [0, 0.1) is 0 Å². The Morgan fingerprint density at radius 3 is 2.56 bits per heavy atom. The van der Waals surface area contributed by atoms with Gasteiger partial charge in [0.05, 0.1) is 12.1 Å². The van der Waals surface area contributed by atoms with Gasteiger partial charge in [-0.15, -0.1) is 11.8 Å². The largest absolute Gasteiger partial charge is 0.355 e. The smallest absolute Gasteiger partial charge is 0.256 e. The number of anilines is 2. The molecule has 1 aliphatic heterocycles. The van der Waals surface area contributed by atoms with Crippen molar-refractivity contribution in [3.63, 3.8) is 0 Å². The number of hydrogen-bond donors (Lipinski definition) is 2. The molecule has 2 aromatic rings. The third kappa shape index (κ3) is 5.79. The van der Waals surface area contributed by atoms with Crippen LogP contribution in [-0.2, 0) is 14.4 Å². The SMILES string of the molecule is CSc1cccc(N2C(=O)[C@@H](CC(=O)Nc3ccc(Cl)cc3)N(CCNC(C)=O)C2=S)c1. The Kier molecular flexibility index (Phi) is 8.11. The lowest BCUT2D eigenvalue weighted by Gasteiger charge is -2.24. The van der Waals surface area contributed by atoms with Crippen LogP contribution < -0.4 is 15.5 Å². The Labute approximate surface area is 201 Å². The van der Waals surface area contributed by atoms with Crippen LogP contribution in [0.1, 0.15) is 13.3 Å². The summed E-state index contributed by atoms with van der Waals surface area (Å²) in [7, 11) is 0. The predicted molar refractivity (Wildman–Crippen MR) is 132 cm³/mol. The molecule has 32 heavy (non-hydrogen) atoms. The van der Waals surface area contributed by atoms with E-state index in [2.05, 4.69) is 10.6 Å². The summed E-state index contributed by atoms with van der Waals surface area (Å²) in [6.45, 7) is 2.03. The van der Waals surface area contributed by atoms with Gasteiger partial charge in [-0.3, -0.25) is 19.3 Å². The highest BCUT2D eigenvalue weighted by atomic mass is 35.5. The molecule has 0 saturated carbocycles. The quantitative estimate of drug-likeness (QED) is 0.435. The first-order chi connectivity index (χ1) is 15.3. The minimum atomic E-state index is -0.776. The van der Waals surface area contributed by atoms with Crippen LogP contribution in [0.5, 0.6) is 0 Å². The molecular weight excluding hydrogens is 468 g/mol. The van der Waals surface area contributed by atoms with Gasteiger partial charge in [0.2, 0.25) is 11.8 Å². The van der Waals surface area contributed by atoms with E-state index in [1.807, 2.05) is 30.5 Å². The van der Waals surface area contributed by atoms with Crippen LogP contribution in [0.15, 0.2) is 53.4 Å². The number of benzene rings is 2. The maximum Gasteiger partial charge on any atom is 0.256 e. The third-order valence-corrected chi connectivity index (χ3v) is 6.26. The molecule has 1 atom stereocenters. The maximum absolute atomic E-state index is 13.4. The van der Waals surface area contributed by atoms with E-state index in [9.17, 15) is 14.4 Å². The second kappa shape index (κ2) is 10.8. The number of nitrogens with zero attached hydrogens (tertiary/aromatic N) is 2. The summed E-state index contributed by atoms with van der Waals surface area (Å²) in [5.41, 5.74) is 1.23. The minimum absolute atomic E-state index is 0.0829. The van der Waals surface area contributed by atoms with Gasteiger partial charge >= 0.3 is 0 Å². The second-order valence-corrected chi connectivity index (χ2v) is 8.79. The van der Waals surface area contributed by atoms with Crippen molar-refractivity contribution in [2.24, 2.45) is 0 Å². The lowest BCUT2D eigenvalue weighted by molar-refractivity contribution is -0.124. The van der Waals surface area contributed by atoms with E-state index in [4.69, 9.17) is 23.8 Å². The molecule has 7 nitrogen and oxygen atoms in total. The Balaban J connectivity index is 1.81. The van der Waals surface area contributed by atoms with E-state index in [1.54, 1.807) is 40.9 Å². The molecule has 0 bridgehead atoms. The summed E-state index contributed by atoms with van der Waals surface area (Å²) < 4.78 is 0. The molecule has 0 radical (unpaired) electrons. The zero-order chi connectivity index (χ0) is 23.3. The van der Waals surface area contributed by atoms with Crippen LogP contribution in [0.3, 0.4) is 0 Å². The Bertz CT molecular complexity index is 1030. The van der Waals surface area contributed by atoms with Crippen molar-refractivity contribution in [3.05, 3.63) is 53.6 Å². The van der Waals surface area contributed by atoms with E-state index >= 15 is 0 Å². The number of rotatable bonds is 8. The molecular formula is C22H23ClN4O3S2. The summed E-state index contributed by atoms with van der Waals surface area (Å²) in [4.78, 5) is 41.5. The minimum Gasteiger partial charge on any atom is -0.355 e. The number of nitrogens with one attached hydrogen (secondary N) is 2.